The SMILES string of the molecule is CCOc1cc([C@H]2C(C(=O)OC)=C(C)N=C3C[C@@H](c4ccc(OC)c(OC)c4)CC(=O)C32)cc(Br)c1OC. The highest BCUT2D eigenvalue weighted by Gasteiger charge is 2.46. The van der Waals surface area contributed by atoms with Crippen molar-refractivity contribution in [1.29, 1.82) is 0 Å². The van der Waals surface area contributed by atoms with E-state index in [4.69, 9.17) is 28.7 Å². The Morgan fingerprint density at radius 1 is 0.947 bits per heavy atom. The highest BCUT2D eigenvalue weighted by molar-refractivity contribution is 9.10. The van der Waals surface area contributed by atoms with Gasteiger partial charge in [0.25, 0.3) is 0 Å². The van der Waals surface area contributed by atoms with E-state index >= 15 is 0 Å². The van der Waals surface area contributed by atoms with E-state index in [2.05, 4.69) is 15.9 Å². The molecule has 202 valence electrons. The molecule has 0 amide bonds. The number of halogens is 1. The smallest absolute Gasteiger partial charge is 0.336 e. The Morgan fingerprint density at radius 3 is 2.29 bits per heavy atom. The largest absolute Gasteiger partial charge is 0.493 e. The molecule has 0 aromatic heterocycles. The minimum atomic E-state index is -0.598. The maximum absolute atomic E-state index is 13.9. The second kappa shape index (κ2) is 11.6. The highest BCUT2D eigenvalue weighted by atomic mass is 79.9. The molecule has 1 aliphatic carbocycles. The summed E-state index contributed by atoms with van der Waals surface area (Å²) >= 11 is 3.58. The van der Waals surface area contributed by atoms with Gasteiger partial charge in [-0.2, -0.15) is 0 Å². The van der Waals surface area contributed by atoms with Gasteiger partial charge in [0.2, 0.25) is 0 Å². The zero-order chi connectivity index (χ0) is 27.6. The molecule has 0 bridgehead atoms. The zero-order valence-corrected chi connectivity index (χ0v) is 24.0. The van der Waals surface area contributed by atoms with Crippen LogP contribution in [-0.4, -0.2) is 52.5 Å². The van der Waals surface area contributed by atoms with Crippen molar-refractivity contribution in [3.05, 3.63) is 57.2 Å². The van der Waals surface area contributed by atoms with E-state index in [1.807, 2.05) is 37.3 Å². The van der Waals surface area contributed by atoms with Gasteiger partial charge in [0.1, 0.15) is 5.78 Å². The molecular weight excluding hydrogens is 554 g/mol. The number of carbonyl (C=O) groups is 2. The monoisotopic (exact) mass is 585 g/mol. The van der Waals surface area contributed by atoms with Gasteiger partial charge < -0.3 is 23.7 Å². The number of hydrogen-bond donors (Lipinski definition) is 0. The first-order chi connectivity index (χ1) is 18.3. The van der Waals surface area contributed by atoms with Crippen LogP contribution in [0.1, 0.15) is 49.7 Å². The number of ether oxygens (including phenoxy) is 5. The number of nitrogens with zero attached hydrogens (tertiary/aromatic N) is 1. The van der Waals surface area contributed by atoms with Crippen molar-refractivity contribution < 1.29 is 33.3 Å². The van der Waals surface area contributed by atoms with Gasteiger partial charge in [0.15, 0.2) is 23.0 Å². The van der Waals surface area contributed by atoms with Gasteiger partial charge in [-0.05, 0) is 77.5 Å². The van der Waals surface area contributed by atoms with Crippen molar-refractivity contribution in [2.24, 2.45) is 10.9 Å². The molecule has 0 saturated heterocycles. The molecule has 2 aromatic carbocycles. The number of hydrogen-bond acceptors (Lipinski definition) is 8. The Morgan fingerprint density at radius 2 is 1.66 bits per heavy atom. The first kappa shape index (κ1) is 27.7. The third kappa shape index (κ3) is 5.04. The van der Waals surface area contributed by atoms with Crippen molar-refractivity contribution >= 4 is 33.4 Å². The van der Waals surface area contributed by atoms with E-state index in [1.54, 1.807) is 28.3 Å². The predicted molar refractivity (Wildman–Crippen MR) is 147 cm³/mol. The average Bonchev–Trinajstić information content (AvgIpc) is 2.91. The Labute approximate surface area is 231 Å². The van der Waals surface area contributed by atoms with Crippen LogP contribution in [0, 0.1) is 5.92 Å². The number of carbonyl (C=O) groups excluding carboxylic acids is 2. The number of esters is 1. The lowest BCUT2D eigenvalue weighted by Crippen LogP contribution is -2.41. The summed E-state index contributed by atoms with van der Waals surface area (Å²) in [5, 5.41) is 0. The lowest BCUT2D eigenvalue weighted by atomic mass is 9.66. The summed E-state index contributed by atoms with van der Waals surface area (Å²) in [5.74, 6) is 0.567. The minimum Gasteiger partial charge on any atom is -0.493 e. The normalized spacial score (nSPS) is 20.9. The molecule has 3 atom stereocenters. The van der Waals surface area contributed by atoms with E-state index in [0.717, 1.165) is 16.8 Å². The third-order valence-electron chi connectivity index (χ3n) is 7.13. The lowest BCUT2D eigenvalue weighted by Gasteiger charge is -2.38. The van der Waals surface area contributed by atoms with Crippen LogP contribution in [-0.2, 0) is 14.3 Å². The lowest BCUT2D eigenvalue weighted by molar-refractivity contribution is -0.136. The Hall–Kier alpha value is -3.33. The summed E-state index contributed by atoms with van der Waals surface area (Å²) in [5.41, 5.74) is 3.38. The van der Waals surface area contributed by atoms with Gasteiger partial charge >= 0.3 is 5.97 Å². The van der Waals surface area contributed by atoms with E-state index < -0.39 is 17.8 Å². The van der Waals surface area contributed by atoms with Crippen LogP contribution in [0.5, 0.6) is 23.0 Å². The Bertz CT molecular complexity index is 1320. The molecule has 0 radical (unpaired) electrons. The van der Waals surface area contributed by atoms with Crippen LogP contribution < -0.4 is 18.9 Å². The van der Waals surface area contributed by atoms with Gasteiger partial charge in [-0.25, -0.2) is 4.79 Å². The number of fused-ring (bicyclic) bond motifs is 1. The van der Waals surface area contributed by atoms with Crippen molar-refractivity contribution in [1.82, 2.24) is 0 Å². The summed E-state index contributed by atoms with van der Waals surface area (Å²) in [6, 6.07) is 9.43. The average molecular weight is 586 g/mol. The van der Waals surface area contributed by atoms with Crippen LogP contribution >= 0.6 is 15.9 Å². The number of aliphatic imine (C=N–C) groups is 1. The minimum absolute atomic E-state index is 0.0126. The van der Waals surface area contributed by atoms with Crippen LogP contribution in [0.15, 0.2) is 51.1 Å². The van der Waals surface area contributed by atoms with Crippen LogP contribution in [0.2, 0.25) is 0 Å². The molecule has 2 aliphatic rings. The van der Waals surface area contributed by atoms with E-state index in [1.165, 1.54) is 7.11 Å². The van der Waals surface area contributed by atoms with E-state index in [0.29, 0.717) is 58.2 Å². The van der Waals surface area contributed by atoms with Gasteiger partial charge in [0, 0.05) is 23.7 Å². The van der Waals surface area contributed by atoms with E-state index in [-0.39, 0.29) is 11.7 Å². The number of benzene rings is 2. The Balaban J connectivity index is 1.81. The molecular formula is C29H32BrNO7. The topological polar surface area (TPSA) is 92.7 Å². The number of ketones is 1. The molecule has 1 aliphatic heterocycles. The first-order valence-electron chi connectivity index (χ1n) is 12.4. The predicted octanol–water partition coefficient (Wildman–Crippen LogP) is 5.62. The standard InChI is InChI=1S/C29H32BrNO7/c1-7-38-24-14-18(10-19(30)28(24)36-5)26-25(29(33)37-6)15(2)31-20-11-17(12-21(32)27(20)26)16-8-9-22(34-3)23(13-16)35-4/h8-10,13-14,17,26-27H,7,11-12H2,1-6H3/t17-,26+,27?/m1/s1. The van der Waals surface area contributed by atoms with Gasteiger partial charge in [-0.3, -0.25) is 9.79 Å². The summed E-state index contributed by atoms with van der Waals surface area (Å²) < 4.78 is 28.0. The number of methoxy groups -OCH3 is 4. The molecule has 0 spiro atoms. The van der Waals surface area contributed by atoms with Crippen LogP contribution in [0.4, 0.5) is 0 Å². The van der Waals surface area contributed by atoms with Crippen molar-refractivity contribution in [2.75, 3.05) is 35.0 Å². The van der Waals surface area contributed by atoms with Crippen LogP contribution in [0.25, 0.3) is 0 Å². The zero-order valence-electron chi connectivity index (χ0n) is 22.4. The van der Waals surface area contributed by atoms with Gasteiger partial charge in [-0.15, -0.1) is 0 Å². The molecule has 38 heavy (non-hydrogen) atoms. The fourth-order valence-corrected chi connectivity index (χ4v) is 6.10. The molecule has 2 aromatic rings. The second-order valence-corrected chi connectivity index (χ2v) is 10.1. The van der Waals surface area contributed by atoms with Crippen LogP contribution in [0.3, 0.4) is 0 Å². The number of allylic oxidation sites excluding steroid dienone is 1. The summed E-state index contributed by atoms with van der Waals surface area (Å²) in [7, 11) is 6.08. The number of Topliss-reactive ketones (excluding diaryl/α,β-unsaturated/α-hetero) is 1. The molecule has 8 nitrogen and oxygen atoms in total. The second-order valence-electron chi connectivity index (χ2n) is 9.20. The van der Waals surface area contributed by atoms with Gasteiger partial charge in [0.05, 0.1) is 51.0 Å². The first-order valence-corrected chi connectivity index (χ1v) is 13.2. The third-order valence-corrected chi connectivity index (χ3v) is 7.72. The summed E-state index contributed by atoms with van der Waals surface area (Å²) in [6.45, 7) is 4.10. The maximum Gasteiger partial charge on any atom is 0.336 e. The molecule has 1 fully saturated rings. The summed E-state index contributed by atoms with van der Waals surface area (Å²) in [6.07, 6.45) is 0.878. The molecule has 0 N–H and O–H groups in total. The highest BCUT2D eigenvalue weighted by Crippen LogP contribution is 2.49. The Kier molecular flexibility index (Phi) is 8.45. The molecule has 9 heteroatoms. The fourth-order valence-electron chi connectivity index (χ4n) is 5.48. The van der Waals surface area contributed by atoms with Crippen molar-refractivity contribution in [3.8, 4) is 23.0 Å². The molecule has 1 saturated carbocycles. The van der Waals surface area contributed by atoms with Crippen molar-refractivity contribution in [3.63, 3.8) is 0 Å². The number of rotatable bonds is 8. The molecule has 1 unspecified atom stereocenters. The fraction of sp³-hybridized carbons (Fsp3) is 0.414. The maximum atomic E-state index is 13.9. The summed E-state index contributed by atoms with van der Waals surface area (Å²) in [4.78, 5) is 31.7. The van der Waals surface area contributed by atoms with E-state index in [9.17, 15) is 9.59 Å². The molecule has 1 heterocycles. The van der Waals surface area contributed by atoms with Gasteiger partial charge in [-0.1, -0.05) is 6.07 Å². The quantitative estimate of drug-likeness (QED) is 0.371. The molecule has 4 rings (SSSR count). The van der Waals surface area contributed by atoms with Crippen molar-refractivity contribution in [2.45, 2.75) is 38.5 Å².